The van der Waals surface area contributed by atoms with Crippen molar-refractivity contribution < 1.29 is 14.9 Å². The zero-order valence-corrected chi connectivity index (χ0v) is 12.1. The van der Waals surface area contributed by atoms with Crippen LogP contribution < -0.4 is 4.74 Å². The van der Waals surface area contributed by atoms with Crippen LogP contribution >= 0.6 is 11.8 Å². The molecule has 0 fully saturated rings. The Morgan fingerprint density at radius 3 is 2.38 bits per heavy atom. The van der Waals surface area contributed by atoms with Crippen LogP contribution in [0.15, 0.2) is 53.4 Å². The number of hydrogen-bond acceptors (Lipinski definition) is 5. The Balaban J connectivity index is 1.75. The molecule has 2 rings (SSSR count). The highest BCUT2D eigenvalue weighted by Crippen LogP contribution is 2.21. The third-order valence-electron chi connectivity index (χ3n) is 2.70. The number of hydrogen-bond donors (Lipinski definition) is 2. The molecule has 5 heteroatoms. The third-order valence-corrected chi connectivity index (χ3v) is 3.86. The fourth-order valence-electron chi connectivity index (χ4n) is 1.60. The number of nitriles is 1. The average Bonchev–Trinajstić information content (AvgIpc) is 2.53. The molecule has 0 bridgehead atoms. The van der Waals surface area contributed by atoms with Gasteiger partial charge >= 0.3 is 0 Å². The second kappa shape index (κ2) is 7.58. The summed E-state index contributed by atoms with van der Waals surface area (Å²) in [5.41, 5.74) is 0.575. The van der Waals surface area contributed by atoms with Crippen molar-refractivity contribution in [3.8, 4) is 17.6 Å². The van der Waals surface area contributed by atoms with Crippen molar-refractivity contribution in [1.82, 2.24) is 0 Å². The van der Waals surface area contributed by atoms with E-state index in [4.69, 9.17) is 10.00 Å². The molecule has 2 N–H and O–H groups in total. The van der Waals surface area contributed by atoms with Gasteiger partial charge in [-0.25, -0.2) is 0 Å². The summed E-state index contributed by atoms with van der Waals surface area (Å²) in [5.74, 6) is 1.35. The largest absolute Gasteiger partial charge is 0.508 e. The summed E-state index contributed by atoms with van der Waals surface area (Å²) in [6.07, 6.45) is -0.598. The van der Waals surface area contributed by atoms with Crippen LogP contribution in [0.3, 0.4) is 0 Å². The van der Waals surface area contributed by atoms with Crippen molar-refractivity contribution in [2.75, 3.05) is 12.4 Å². The van der Waals surface area contributed by atoms with Crippen LogP contribution in [-0.2, 0) is 0 Å². The van der Waals surface area contributed by atoms with Gasteiger partial charge in [-0.05, 0) is 48.5 Å². The van der Waals surface area contributed by atoms with Gasteiger partial charge in [0.05, 0.1) is 17.7 Å². The second-order valence-corrected chi connectivity index (χ2v) is 5.50. The first-order valence-electron chi connectivity index (χ1n) is 6.40. The molecule has 0 radical (unpaired) electrons. The normalized spacial score (nSPS) is 11.6. The number of nitrogens with zero attached hydrogens (tertiary/aromatic N) is 1. The van der Waals surface area contributed by atoms with E-state index >= 15 is 0 Å². The van der Waals surface area contributed by atoms with Crippen molar-refractivity contribution in [2.24, 2.45) is 0 Å². The Labute approximate surface area is 127 Å². The minimum absolute atomic E-state index is 0.191. The van der Waals surface area contributed by atoms with Gasteiger partial charge < -0.3 is 14.9 Å². The fourth-order valence-corrected chi connectivity index (χ4v) is 2.41. The lowest BCUT2D eigenvalue weighted by atomic mass is 10.2. The number of thioether (sulfide) groups is 1. The van der Waals surface area contributed by atoms with Crippen molar-refractivity contribution in [2.45, 2.75) is 11.0 Å². The second-order valence-electron chi connectivity index (χ2n) is 4.41. The molecule has 2 aromatic carbocycles. The predicted octanol–water partition coefficient (Wildman–Crippen LogP) is 2.80. The Hall–Kier alpha value is -2.16. The van der Waals surface area contributed by atoms with Gasteiger partial charge in [-0.15, -0.1) is 11.8 Å². The molecule has 0 heterocycles. The highest BCUT2D eigenvalue weighted by Gasteiger charge is 2.06. The lowest BCUT2D eigenvalue weighted by molar-refractivity contribution is 0.126. The molecule has 0 aliphatic rings. The van der Waals surface area contributed by atoms with Gasteiger partial charge in [0.25, 0.3) is 0 Å². The number of phenolic OH excluding ortho intramolecular Hbond substituents is 1. The van der Waals surface area contributed by atoms with Crippen LogP contribution in [0.1, 0.15) is 5.56 Å². The maximum absolute atomic E-state index is 9.88. The van der Waals surface area contributed by atoms with Crippen LogP contribution in [0.25, 0.3) is 0 Å². The van der Waals surface area contributed by atoms with Crippen molar-refractivity contribution >= 4 is 11.8 Å². The highest BCUT2D eigenvalue weighted by molar-refractivity contribution is 7.99. The summed E-state index contributed by atoms with van der Waals surface area (Å²) in [7, 11) is 0. The summed E-state index contributed by atoms with van der Waals surface area (Å²) in [6.45, 7) is 0.191. The molecule has 0 spiro atoms. The van der Waals surface area contributed by atoms with Gasteiger partial charge in [0.15, 0.2) is 0 Å². The van der Waals surface area contributed by atoms with E-state index in [1.165, 1.54) is 11.8 Å². The SMILES string of the molecule is N#Cc1ccc(OC[C@@H](O)CSc2ccc(O)cc2)cc1. The molecule has 0 unspecified atom stereocenters. The zero-order chi connectivity index (χ0) is 15.1. The number of ether oxygens (including phenoxy) is 1. The predicted molar refractivity (Wildman–Crippen MR) is 81.5 cm³/mol. The minimum atomic E-state index is -0.598. The van der Waals surface area contributed by atoms with E-state index < -0.39 is 6.10 Å². The fraction of sp³-hybridized carbons (Fsp3) is 0.188. The van der Waals surface area contributed by atoms with E-state index in [-0.39, 0.29) is 12.4 Å². The van der Waals surface area contributed by atoms with Crippen molar-refractivity contribution in [1.29, 1.82) is 5.26 Å². The van der Waals surface area contributed by atoms with Gasteiger partial charge in [0.2, 0.25) is 0 Å². The lowest BCUT2D eigenvalue weighted by Crippen LogP contribution is -2.20. The topological polar surface area (TPSA) is 73.5 Å². The maximum Gasteiger partial charge on any atom is 0.119 e. The number of rotatable bonds is 6. The molecule has 2 aromatic rings. The summed E-state index contributed by atoms with van der Waals surface area (Å²) >= 11 is 1.49. The molecule has 0 aliphatic carbocycles. The molecular weight excluding hydrogens is 286 g/mol. The quantitative estimate of drug-likeness (QED) is 0.803. The van der Waals surface area contributed by atoms with Crippen LogP contribution in [-0.4, -0.2) is 28.7 Å². The molecule has 0 amide bonds. The third kappa shape index (κ3) is 5.03. The van der Waals surface area contributed by atoms with E-state index in [2.05, 4.69) is 0 Å². The molecule has 0 saturated heterocycles. The Kier molecular flexibility index (Phi) is 5.50. The van der Waals surface area contributed by atoms with Crippen molar-refractivity contribution in [3.05, 3.63) is 54.1 Å². The minimum Gasteiger partial charge on any atom is -0.508 e. The number of aliphatic hydroxyl groups is 1. The van der Waals surface area contributed by atoms with Crippen LogP contribution in [0.4, 0.5) is 0 Å². The number of benzene rings is 2. The first-order valence-corrected chi connectivity index (χ1v) is 7.39. The summed E-state index contributed by atoms with van der Waals surface area (Å²) in [6, 6.07) is 15.6. The number of aromatic hydroxyl groups is 1. The standard InChI is InChI=1S/C16H15NO3S/c17-9-12-1-5-15(6-2-12)20-10-14(19)11-21-16-7-3-13(18)4-8-16/h1-8,14,18-19H,10-11H2/t14-/m1/s1. The average molecular weight is 301 g/mol. The molecular formula is C16H15NO3S. The van der Waals surface area contributed by atoms with E-state index in [0.717, 1.165) is 4.90 Å². The first-order chi connectivity index (χ1) is 10.2. The van der Waals surface area contributed by atoms with Crippen LogP contribution in [0, 0.1) is 11.3 Å². The Morgan fingerprint density at radius 1 is 1.10 bits per heavy atom. The smallest absolute Gasteiger partial charge is 0.119 e. The molecule has 0 saturated carbocycles. The zero-order valence-electron chi connectivity index (χ0n) is 11.3. The van der Waals surface area contributed by atoms with Gasteiger partial charge in [0, 0.05) is 10.6 Å². The first kappa shape index (κ1) is 15.2. The summed E-state index contributed by atoms with van der Waals surface area (Å²) in [5, 5.41) is 27.8. The monoisotopic (exact) mass is 301 g/mol. The summed E-state index contributed by atoms with van der Waals surface area (Å²) in [4.78, 5) is 0.977. The number of phenols is 1. The lowest BCUT2D eigenvalue weighted by Gasteiger charge is -2.12. The van der Waals surface area contributed by atoms with Gasteiger partial charge in [-0.2, -0.15) is 5.26 Å². The molecule has 1 atom stereocenters. The van der Waals surface area contributed by atoms with E-state index in [0.29, 0.717) is 17.1 Å². The van der Waals surface area contributed by atoms with E-state index in [1.807, 2.05) is 6.07 Å². The molecule has 0 aromatic heterocycles. The maximum atomic E-state index is 9.88. The summed E-state index contributed by atoms with van der Waals surface area (Å²) < 4.78 is 5.46. The van der Waals surface area contributed by atoms with Gasteiger partial charge in [-0.1, -0.05) is 0 Å². The Bertz CT molecular complexity index is 605. The Morgan fingerprint density at radius 2 is 1.76 bits per heavy atom. The molecule has 0 aliphatic heterocycles. The van der Waals surface area contributed by atoms with Crippen molar-refractivity contribution in [3.63, 3.8) is 0 Å². The number of aliphatic hydroxyl groups excluding tert-OH is 1. The van der Waals surface area contributed by atoms with Crippen LogP contribution in [0.2, 0.25) is 0 Å². The van der Waals surface area contributed by atoms with E-state index in [1.54, 1.807) is 48.5 Å². The van der Waals surface area contributed by atoms with E-state index in [9.17, 15) is 10.2 Å². The van der Waals surface area contributed by atoms with Crippen LogP contribution in [0.5, 0.6) is 11.5 Å². The van der Waals surface area contributed by atoms with Gasteiger partial charge in [0.1, 0.15) is 18.1 Å². The molecule has 108 valence electrons. The molecule has 21 heavy (non-hydrogen) atoms. The molecule has 4 nitrogen and oxygen atoms in total. The highest BCUT2D eigenvalue weighted by atomic mass is 32.2. The van der Waals surface area contributed by atoms with Gasteiger partial charge in [-0.3, -0.25) is 0 Å².